The predicted octanol–water partition coefficient (Wildman–Crippen LogP) is 5.94. The van der Waals surface area contributed by atoms with Crippen LogP contribution in [-0.2, 0) is 19.1 Å². The monoisotopic (exact) mass is 741 g/mol. The molecule has 5 rings (SSSR count). The van der Waals surface area contributed by atoms with Crippen molar-refractivity contribution in [2.45, 2.75) is 69.2 Å². The van der Waals surface area contributed by atoms with Crippen LogP contribution in [0, 0.1) is 24.7 Å². The van der Waals surface area contributed by atoms with E-state index in [1.54, 1.807) is 52.3 Å². The van der Waals surface area contributed by atoms with Crippen LogP contribution in [0.4, 0.5) is 11.4 Å². The average Bonchev–Trinajstić information content (AvgIpc) is 3.66. The Morgan fingerprint density at radius 2 is 1.81 bits per heavy atom. The van der Waals surface area contributed by atoms with Crippen LogP contribution in [0.25, 0.3) is 0 Å². The van der Waals surface area contributed by atoms with Crippen LogP contribution in [0.1, 0.15) is 39.2 Å². The molecule has 2 aromatic carbocycles. The molecule has 0 aliphatic carbocycles. The van der Waals surface area contributed by atoms with Gasteiger partial charge in [0.2, 0.25) is 11.8 Å². The molecule has 3 aliphatic heterocycles. The fraction of sp³-hybridized carbons (Fsp3) is 0.486. The average molecular weight is 743 g/mol. The van der Waals surface area contributed by atoms with E-state index in [4.69, 9.17) is 21.1 Å². The number of benzene rings is 2. The summed E-state index contributed by atoms with van der Waals surface area (Å²) in [5.74, 6) is -2.38. The highest BCUT2D eigenvalue weighted by Crippen LogP contribution is 2.61. The van der Waals surface area contributed by atoms with E-state index in [0.717, 1.165) is 5.56 Å². The SMILES string of the molecule is C=CCN(C(=O)[C@H]1[C@H]2C(=O)N([C@@H](CO)[C@@H](C)CC)C(C(=O)N(CC=C)c3c(C)cccc3Cl)C23CC(Br)[C@@H]1O3)c1ccc(OCC)cc1. The Morgan fingerprint density at radius 1 is 1.15 bits per heavy atom. The minimum Gasteiger partial charge on any atom is -0.494 e. The second-order valence-corrected chi connectivity index (χ2v) is 14.4. The van der Waals surface area contributed by atoms with Crippen molar-refractivity contribution in [1.82, 2.24) is 4.90 Å². The lowest BCUT2D eigenvalue weighted by molar-refractivity contribution is -0.145. The van der Waals surface area contributed by atoms with E-state index in [0.29, 0.717) is 41.6 Å². The molecular weight excluding hydrogens is 698 g/mol. The molecule has 258 valence electrons. The summed E-state index contributed by atoms with van der Waals surface area (Å²) in [6.07, 6.45) is 3.59. The number of halogens is 2. The maximum atomic E-state index is 15.1. The molecule has 2 bridgehead atoms. The molecular formula is C37H45BrClN3O6. The molecule has 2 aromatic rings. The predicted molar refractivity (Wildman–Crippen MR) is 192 cm³/mol. The Hall–Kier alpha value is -3.18. The molecule has 11 heteroatoms. The fourth-order valence-corrected chi connectivity index (χ4v) is 9.12. The van der Waals surface area contributed by atoms with Crippen molar-refractivity contribution in [1.29, 1.82) is 0 Å². The fourth-order valence-electron chi connectivity index (χ4n) is 7.85. The minimum absolute atomic E-state index is 0.129. The Bertz CT molecular complexity index is 1530. The van der Waals surface area contributed by atoms with Gasteiger partial charge < -0.3 is 29.3 Å². The number of anilines is 2. The first kappa shape index (κ1) is 36.1. The molecule has 3 aliphatic rings. The number of hydrogen-bond donors (Lipinski definition) is 1. The quantitative estimate of drug-likeness (QED) is 0.190. The van der Waals surface area contributed by atoms with Crippen molar-refractivity contribution < 1.29 is 29.0 Å². The van der Waals surface area contributed by atoms with Gasteiger partial charge in [-0.2, -0.15) is 0 Å². The zero-order chi connectivity index (χ0) is 34.9. The number of likely N-dealkylation sites (tertiary alicyclic amines) is 1. The molecule has 3 amide bonds. The number of carbonyl (C=O) groups excluding carboxylic acids is 3. The van der Waals surface area contributed by atoms with Crippen molar-refractivity contribution in [3.8, 4) is 5.75 Å². The number of para-hydroxylation sites is 1. The Balaban J connectivity index is 1.64. The molecule has 9 nitrogen and oxygen atoms in total. The molecule has 1 spiro atoms. The van der Waals surface area contributed by atoms with Crippen LogP contribution in [0.2, 0.25) is 5.02 Å². The first-order valence-corrected chi connectivity index (χ1v) is 17.9. The number of aliphatic hydroxyl groups is 1. The summed E-state index contributed by atoms with van der Waals surface area (Å²) in [6.45, 7) is 16.0. The van der Waals surface area contributed by atoms with Gasteiger partial charge in [0.15, 0.2) is 0 Å². The highest BCUT2D eigenvalue weighted by atomic mass is 79.9. The van der Waals surface area contributed by atoms with Gasteiger partial charge in [0, 0.05) is 23.6 Å². The van der Waals surface area contributed by atoms with Gasteiger partial charge in [-0.15, -0.1) is 13.2 Å². The summed E-state index contributed by atoms with van der Waals surface area (Å²) in [6, 6.07) is 10.8. The molecule has 0 saturated carbocycles. The van der Waals surface area contributed by atoms with Gasteiger partial charge in [-0.1, -0.05) is 72.1 Å². The molecule has 1 N–H and O–H groups in total. The molecule has 3 unspecified atom stereocenters. The largest absolute Gasteiger partial charge is 0.494 e. The molecule has 3 saturated heterocycles. The van der Waals surface area contributed by atoms with E-state index in [9.17, 15) is 14.7 Å². The third kappa shape index (κ3) is 5.99. The Morgan fingerprint density at radius 3 is 2.40 bits per heavy atom. The maximum absolute atomic E-state index is 15.1. The highest BCUT2D eigenvalue weighted by molar-refractivity contribution is 9.09. The van der Waals surface area contributed by atoms with Gasteiger partial charge in [0.1, 0.15) is 17.4 Å². The van der Waals surface area contributed by atoms with E-state index < -0.39 is 41.5 Å². The summed E-state index contributed by atoms with van der Waals surface area (Å²) in [5, 5.41) is 11.2. The van der Waals surface area contributed by atoms with E-state index >= 15 is 4.79 Å². The van der Waals surface area contributed by atoms with E-state index in [1.807, 2.05) is 39.8 Å². The lowest BCUT2D eigenvalue weighted by atomic mass is 9.70. The van der Waals surface area contributed by atoms with Crippen LogP contribution in [0.15, 0.2) is 67.8 Å². The van der Waals surface area contributed by atoms with E-state index in [2.05, 4.69) is 29.1 Å². The van der Waals surface area contributed by atoms with Crippen molar-refractivity contribution in [2.75, 3.05) is 36.1 Å². The molecule has 3 heterocycles. The lowest BCUT2D eigenvalue weighted by Crippen LogP contribution is -2.60. The molecule has 48 heavy (non-hydrogen) atoms. The standard InChI is InChI=1S/C37H45BrClN3O6/c1-7-18-40(24-14-16-25(17-15-24)47-10-4)34(44)29-30-35(45)42(28(21-43)22(5)9-3)33(37(30)20-26(38)32(29)48-37)36(46)41(19-8-2)31-23(6)12-11-13-27(31)39/h7-8,11-17,22,26,28-30,32-33,43H,1-2,9-10,18-21H2,3-6H3/t22-,26?,28-,29-,30-,32-,33?,37?/m0/s1. The number of aryl methyl sites for hydroxylation is 1. The van der Waals surface area contributed by atoms with Crippen LogP contribution in [0.5, 0.6) is 5.75 Å². The van der Waals surface area contributed by atoms with E-state index in [-0.39, 0.29) is 42.3 Å². The van der Waals surface area contributed by atoms with Crippen molar-refractivity contribution in [2.24, 2.45) is 17.8 Å². The summed E-state index contributed by atoms with van der Waals surface area (Å²) in [4.78, 5) is 49.1. The number of nitrogens with zero attached hydrogens (tertiary/aromatic N) is 3. The second-order valence-electron chi connectivity index (χ2n) is 12.9. The number of ether oxygens (including phenoxy) is 2. The maximum Gasteiger partial charge on any atom is 0.253 e. The molecule has 3 fully saturated rings. The first-order chi connectivity index (χ1) is 23.0. The van der Waals surface area contributed by atoms with Crippen molar-refractivity contribution >= 4 is 56.6 Å². The number of hydrogen-bond acceptors (Lipinski definition) is 6. The number of rotatable bonds is 14. The number of amides is 3. The third-order valence-electron chi connectivity index (χ3n) is 10.2. The van der Waals surface area contributed by atoms with Gasteiger partial charge in [-0.25, -0.2) is 0 Å². The van der Waals surface area contributed by atoms with E-state index in [1.165, 1.54) is 4.90 Å². The smallest absolute Gasteiger partial charge is 0.253 e. The highest BCUT2D eigenvalue weighted by Gasteiger charge is 2.77. The van der Waals surface area contributed by atoms with Gasteiger partial charge >= 0.3 is 0 Å². The second kappa shape index (κ2) is 14.7. The number of carbonyl (C=O) groups is 3. The Labute approximate surface area is 296 Å². The van der Waals surface area contributed by atoms with Gasteiger partial charge in [0.25, 0.3) is 5.91 Å². The normalized spacial score (nSPS) is 26.9. The number of aliphatic hydroxyl groups excluding tert-OH is 1. The van der Waals surface area contributed by atoms with Crippen LogP contribution >= 0.6 is 27.5 Å². The summed E-state index contributed by atoms with van der Waals surface area (Å²) >= 11 is 10.5. The topological polar surface area (TPSA) is 99.6 Å². The van der Waals surface area contributed by atoms with Crippen molar-refractivity contribution in [3.05, 3.63) is 78.4 Å². The molecule has 8 atom stereocenters. The minimum atomic E-state index is -1.33. The summed E-state index contributed by atoms with van der Waals surface area (Å²) in [7, 11) is 0. The molecule has 0 aromatic heterocycles. The molecule has 0 radical (unpaired) electrons. The Kier molecular flexibility index (Phi) is 11.1. The number of alkyl halides is 1. The summed E-state index contributed by atoms with van der Waals surface area (Å²) < 4.78 is 12.4. The first-order valence-electron chi connectivity index (χ1n) is 16.6. The van der Waals surface area contributed by atoms with Gasteiger partial charge in [-0.05, 0) is 62.1 Å². The van der Waals surface area contributed by atoms with Crippen LogP contribution in [0.3, 0.4) is 0 Å². The van der Waals surface area contributed by atoms with Crippen LogP contribution in [-0.4, -0.2) is 82.6 Å². The van der Waals surface area contributed by atoms with Crippen LogP contribution < -0.4 is 14.5 Å². The zero-order valence-electron chi connectivity index (χ0n) is 28.0. The lowest BCUT2D eigenvalue weighted by Gasteiger charge is -2.41. The summed E-state index contributed by atoms with van der Waals surface area (Å²) in [5.41, 5.74) is 0.590. The zero-order valence-corrected chi connectivity index (χ0v) is 30.3. The van der Waals surface area contributed by atoms with Crippen molar-refractivity contribution in [3.63, 3.8) is 0 Å². The van der Waals surface area contributed by atoms with Gasteiger partial charge in [-0.3, -0.25) is 14.4 Å². The van der Waals surface area contributed by atoms with Gasteiger partial charge in [0.05, 0.1) is 47.9 Å². The third-order valence-corrected chi connectivity index (χ3v) is 11.3. The number of fused-ring (bicyclic) bond motifs is 1.